The van der Waals surface area contributed by atoms with Gasteiger partial charge in [0.15, 0.2) is 5.75 Å². The van der Waals surface area contributed by atoms with E-state index in [0.717, 1.165) is 5.56 Å². The van der Waals surface area contributed by atoms with E-state index in [1.165, 1.54) is 23.5 Å². The second kappa shape index (κ2) is 5.59. The summed E-state index contributed by atoms with van der Waals surface area (Å²) in [5, 5.41) is 14.8. The van der Waals surface area contributed by atoms with Gasteiger partial charge in [-0.15, -0.1) is 11.3 Å². The lowest BCUT2D eigenvalue weighted by molar-refractivity contribution is 0.103. The van der Waals surface area contributed by atoms with Crippen molar-refractivity contribution in [3.8, 4) is 5.75 Å². The molecule has 0 aliphatic heterocycles. The van der Waals surface area contributed by atoms with Crippen LogP contribution in [0.3, 0.4) is 0 Å². The van der Waals surface area contributed by atoms with Gasteiger partial charge < -0.3 is 10.4 Å². The summed E-state index contributed by atoms with van der Waals surface area (Å²) in [5.41, 5.74) is 0.967. The molecule has 19 heavy (non-hydrogen) atoms. The number of thiophene rings is 1. The fourth-order valence-corrected chi connectivity index (χ4v) is 3.09. The molecule has 0 unspecified atom stereocenters. The summed E-state index contributed by atoms with van der Waals surface area (Å²) in [6, 6.07) is 2.80. The van der Waals surface area contributed by atoms with Crippen molar-refractivity contribution in [2.75, 3.05) is 5.32 Å². The maximum Gasteiger partial charge on any atom is 0.267 e. The largest absolute Gasteiger partial charge is 0.504 e. The number of carbonyl (C=O) groups is 1. The number of amides is 1. The topological polar surface area (TPSA) is 49.3 Å². The summed E-state index contributed by atoms with van der Waals surface area (Å²) >= 11 is 18.8. The zero-order valence-corrected chi connectivity index (χ0v) is 12.7. The second-order valence-corrected chi connectivity index (χ2v) is 5.90. The van der Waals surface area contributed by atoms with Crippen LogP contribution in [0.15, 0.2) is 17.5 Å². The van der Waals surface area contributed by atoms with Gasteiger partial charge in [-0.3, -0.25) is 4.79 Å². The molecular formula is C12H8Cl3NO2S. The number of aryl methyl sites for hydroxylation is 1. The van der Waals surface area contributed by atoms with Gasteiger partial charge in [-0.05, 0) is 30.0 Å². The van der Waals surface area contributed by atoms with E-state index in [0.29, 0.717) is 14.9 Å². The first kappa shape index (κ1) is 14.5. The van der Waals surface area contributed by atoms with E-state index in [-0.39, 0.29) is 16.5 Å². The Hall–Kier alpha value is -0.940. The van der Waals surface area contributed by atoms with Crippen molar-refractivity contribution in [1.82, 2.24) is 0 Å². The van der Waals surface area contributed by atoms with Crippen molar-refractivity contribution < 1.29 is 9.90 Å². The minimum atomic E-state index is -0.420. The molecule has 100 valence electrons. The monoisotopic (exact) mass is 335 g/mol. The average Bonchev–Trinajstić information content (AvgIpc) is 2.66. The molecule has 0 radical (unpaired) electrons. The number of phenols is 1. The molecule has 0 spiro atoms. The van der Waals surface area contributed by atoms with Crippen molar-refractivity contribution in [3.05, 3.63) is 43.0 Å². The number of hydrogen-bond acceptors (Lipinski definition) is 3. The highest BCUT2D eigenvalue weighted by Crippen LogP contribution is 2.36. The Morgan fingerprint density at radius 1 is 1.32 bits per heavy atom. The fourth-order valence-electron chi connectivity index (χ4n) is 1.42. The van der Waals surface area contributed by atoms with Crippen LogP contribution in [0.25, 0.3) is 0 Å². The van der Waals surface area contributed by atoms with Crippen LogP contribution in [-0.4, -0.2) is 11.0 Å². The van der Waals surface area contributed by atoms with Gasteiger partial charge in [0.05, 0.1) is 15.7 Å². The van der Waals surface area contributed by atoms with Gasteiger partial charge in [0.1, 0.15) is 4.88 Å². The van der Waals surface area contributed by atoms with Crippen LogP contribution < -0.4 is 5.32 Å². The molecule has 7 heteroatoms. The molecule has 0 aliphatic carbocycles. The molecule has 2 N–H and O–H groups in total. The number of phenolic OH excluding ortho intramolecular Hbond substituents is 1. The van der Waals surface area contributed by atoms with Crippen LogP contribution in [0.2, 0.25) is 15.1 Å². The predicted molar refractivity (Wildman–Crippen MR) is 80.1 cm³/mol. The number of hydrogen-bond donors (Lipinski definition) is 2. The van der Waals surface area contributed by atoms with Crippen molar-refractivity contribution in [2.45, 2.75) is 6.92 Å². The van der Waals surface area contributed by atoms with Crippen LogP contribution in [0.1, 0.15) is 15.2 Å². The molecule has 1 heterocycles. The summed E-state index contributed by atoms with van der Waals surface area (Å²) < 4.78 is 0. The maximum absolute atomic E-state index is 12.0. The SMILES string of the molecule is Cc1csc(C(=O)Nc2cc(Cl)cc(Cl)c2O)c1Cl. The predicted octanol–water partition coefficient (Wildman–Crippen LogP) is 4.97. The number of aromatic hydroxyl groups is 1. The van der Waals surface area contributed by atoms with Crippen molar-refractivity contribution in [1.29, 1.82) is 0 Å². The van der Waals surface area contributed by atoms with E-state index in [4.69, 9.17) is 34.8 Å². The third kappa shape index (κ3) is 2.98. The Morgan fingerprint density at radius 3 is 2.58 bits per heavy atom. The number of rotatable bonds is 2. The quantitative estimate of drug-likeness (QED) is 0.760. The first-order chi connectivity index (χ1) is 8.90. The molecule has 0 atom stereocenters. The van der Waals surface area contributed by atoms with E-state index >= 15 is 0 Å². The van der Waals surface area contributed by atoms with Gasteiger partial charge in [0.2, 0.25) is 0 Å². The molecule has 0 bridgehead atoms. The lowest BCUT2D eigenvalue weighted by Crippen LogP contribution is -2.11. The fraction of sp³-hybridized carbons (Fsp3) is 0.0833. The summed E-state index contributed by atoms with van der Waals surface area (Å²) in [4.78, 5) is 12.4. The lowest BCUT2D eigenvalue weighted by Gasteiger charge is -2.08. The van der Waals surface area contributed by atoms with Crippen LogP contribution in [0.5, 0.6) is 5.75 Å². The van der Waals surface area contributed by atoms with Gasteiger partial charge in [0, 0.05) is 5.02 Å². The van der Waals surface area contributed by atoms with Gasteiger partial charge in [-0.2, -0.15) is 0 Å². The number of anilines is 1. The van der Waals surface area contributed by atoms with Gasteiger partial charge in [0.25, 0.3) is 5.91 Å². The summed E-state index contributed by atoms with van der Waals surface area (Å²) in [6.07, 6.45) is 0. The highest BCUT2D eigenvalue weighted by Gasteiger charge is 2.17. The molecule has 3 nitrogen and oxygen atoms in total. The van der Waals surface area contributed by atoms with E-state index < -0.39 is 5.91 Å². The minimum absolute atomic E-state index is 0.0660. The first-order valence-electron chi connectivity index (χ1n) is 5.13. The number of nitrogens with one attached hydrogen (secondary N) is 1. The molecule has 1 amide bonds. The molecule has 0 aliphatic rings. The van der Waals surface area contributed by atoms with E-state index in [9.17, 15) is 9.90 Å². The molecule has 0 saturated carbocycles. The van der Waals surface area contributed by atoms with Gasteiger partial charge in [-0.1, -0.05) is 34.8 Å². The molecular weight excluding hydrogens is 329 g/mol. The van der Waals surface area contributed by atoms with Crippen LogP contribution >= 0.6 is 46.1 Å². The van der Waals surface area contributed by atoms with Gasteiger partial charge >= 0.3 is 0 Å². The number of benzene rings is 1. The lowest BCUT2D eigenvalue weighted by atomic mass is 10.2. The normalized spacial score (nSPS) is 10.5. The Kier molecular flexibility index (Phi) is 4.26. The molecule has 1 aromatic heterocycles. The van der Waals surface area contributed by atoms with Crippen LogP contribution in [-0.2, 0) is 0 Å². The Bertz CT molecular complexity index is 655. The van der Waals surface area contributed by atoms with Crippen LogP contribution in [0, 0.1) is 6.92 Å². The second-order valence-electron chi connectivity index (χ2n) is 3.80. The van der Waals surface area contributed by atoms with E-state index in [2.05, 4.69) is 5.32 Å². The molecule has 0 fully saturated rings. The third-order valence-electron chi connectivity index (χ3n) is 2.38. The summed E-state index contributed by atoms with van der Waals surface area (Å²) in [7, 11) is 0. The molecule has 0 saturated heterocycles. The standard InChI is InChI=1S/C12H8Cl3NO2S/c1-5-4-19-11(9(5)15)12(18)16-8-3-6(13)2-7(14)10(8)17/h2-4,17H,1H3,(H,16,18). The zero-order chi connectivity index (χ0) is 14.2. The highest BCUT2D eigenvalue weighted by atomic mass is 35.5. The summed E-state index contributed by atoms with van der Waals surface area (Å²) in [5.74, 6) is -0.652. The van der Waals surface area contributed by atoms with Crippen LogP contribution in [0.4, 0.5) is 5.69 Å². The van der Waals surface area contributed by atoms with Gasteiger partial charge in [-0.25, -0.2) is 0 Å². The van der Waals surface area contributed by atoms with E-state index in [1.807, 2.05) is 6.92 Å². The average molecular weight is 337 g/mol. The first-order valence-corrected chi connectivity index (χ1v) is 7.14. The number of halogens is 3. The smallest absolute Gasteiger partial charge is 0.267 e. The van der Waals surface area contributed by atoms with Crippen molar-refractivity contribution in [3.63, 3.8) is 0 Å². The summed E-state index contributed by atoms with van der Waals surface area (Å²) in [6.45, 7) is 1.81. The molecule has 1 aromatic carbocycles. The highest BCUT2D eigenvalue weighted by molar-refractivity contribution is 7.13. The Morgan fingerprint density at radius 2 is 2.00 bits per heavy atom. The Labute approximate surface area is 128 Å². The zero-order valence-electron chi connectivity index (χ0n) is 9.63. The molecule has 2 aromatic rings. The third-order valence-corrected chi connectivity index (χ3v) is 4.58. The van der Waals surface area contributed by atoms with Crippen molar-refractivity contribution in [2.24, 2.45) is 0 Å². The van der Waals surface area contributed by atoms with Crippen molar-refractivity contribution >= 4 is 57.7 Å². The minimum Gasteiger partial charge on any atom is -0.504 e. The number of carbonyl (C=O) groups excluding carboxylic acids is 1. The maximum atomic E-state index is 12.0. The molecule has 2 rings (SSSR count). The Balaban J connectivity index is 2.32. The van der Waals surface area contributed by atoms with E-state index in [1.54, 1.807) is 5.38 Å².